The van der Waals surface area contributed by atoms with E-state index in [9.17, 15) is 27.5 Å². The van der Waals surface area contributed by atoms with E-state index >= 15 is 0 Å². The van der Waals surface area contributed by atoms with Crippen LogP contribution < -0.4 is 5.32 Å². The average Bonchev–Trinajstić information content (AvgIpc) is 3.41. The summed E-state index contributed by atoms with van der Waals surface area (Å²) in [5.41, 5.74) is -0.413. The fourth-order valence-electron chi connectivity index (χ4n) is 4.45. The maximum atomic E-state index is 14.5. The van der Waals surface area contributed by atoms with Crippen molar-refractivity contribution < 1.29 is 32.2 Å². The van der Waals surface area contributed by atoms with Crippen LogP contribution in [0.1, 0.15) is 34.9 Å². The lowest BCUT2D eigenvalue weighted by molar-refractivity contribution is -0.0135. The summed E-state index contributed by atoms with van der Waals surface area (Å²) >= 11 is 0. The molecule has 1 amide bonds. The number of nitrogens with zero attached hydrogens (tertiary/aromatic N) is 4. The first-order valence-electron chi connectivity index (χ1n) is 10.6. The number of carbonyl (C=O) groups excluding carboxylic acids is 1. The molecular formula is C21H20F4N6O3. The molecule has 0 radical (unpaired) electrons. The molecule has 2 fully saturated rings. The number of aliphatic hydroxyl groups excluding tert-OH is 1. The van der Waals surface area contributed by atoms with E-state index in [0.717, 1.165) is 11.0 Å². The summed E-state index contributed by atoms with van der Waals surface area (Å²) in [4.78, 5) is 22.7. The number of likely N-dealkylation sites (tertiary alicyclic amines) is 1. The lowest BCUT2D eigenvalue weighted by Crippen LogP contribution is -2.42. The first kappa shape index (κ1) is 22.5. The minimum atomic E-state index is -1.53. The number of anilines is 1. The van der Waals surface area contributed by atoms with Crippen LogP contribution in [-0.4, -0.2) is 74.2 Å². The maximum Gasteiger partial charge on any atom is 0.273 e. The van der Waals surface area contributed by atoms with Gasteiger partial charge in [-0.25, -0.2) is 27.5 Å². The highest BCUT2D eigenvalue weighted by Crippen LogP contribution is 2.38. The number of fused-ring (bicyclic) bond motifs is 1. The largest absolute Gasteiger partial charge is 0.389 e. The molecule has 5 rings (SSSR count). The minimum absolute atomic E-state index is 0.101. The Bertz CT molecular complexity index is 1240. The molecule has 2 aliphatic rings. The van der Waals surface area contributed by atoms with Gasteiger partial charge < -0.3 is 20.1 Å². The van der Waals surface area contributed by atoms with Gasteiger partial charge in [0.2, 0.25) is 0 Å². The number of amides is 1. The van der Waals surface area contributed by atoms with E-state index < -0.39 is 59.8 Å². The number of alkyl halides is 1. The maximum absolute atomic E-state index is 14.5. The standard InChI is InChI=1S/C21H20F4N6O3/c22-9-3-11(17(25)12(24)4-9)14-5-10(23)6-31(14)21(33)18-16-19(26-8-27-20(16)30-29-18)28-13-1-2-34-7-15(13)32/h3-4,8,10,13-15,32H,1-2,5-7H2,(H2,26,27,28,29,30)/t10-,13+,14+,15+/m0/s1. The number of aliphatic hydroxyl groups is 1. The number of nitrogens with one attached hydrogen (secondary N) is 2. The topological polar surface area (TPSA) is 116 Å². The number of carbonyl (C=O) groups is 1. The molecule has 13 heteroatoms. The first-order chi connectivity index (χ1) is 16.3. The number of ether oxygens (including phenoxy) is 1. The van der Waals surface area contributed by atoms with Crippen molar-refractivity contribution in [2.45, 2.75) is 37.2 Å². The van der Waals surface area contributed by atoms with Gasteiger partial charge >= 0.3 is 0 Å². The van der Waals surface area contributed by atoms with Crippen molar-refractivity contribution in [3.63, 3.8) is 0 Å². The van der Waals surface area contributed by atoms with Gasteiger partial charge in [-0.3, -0.25) is 9.89 Å². The summed E-state index contributed by atoms with van der Waals surface area (Å²) in [5.74, 6) is -4.35. The number of hydrogen-bond donors (Lipinski definition) is 3. The highest BCUT2D eigenvalue weighted by Gasteiger charge is 2.40. The Balaban J connectivity index is 1.52. The fourth-order valence-corrected chi connectivity index (χ4v) is 4.45. The van der Waals surface area contributed by atoms with Gasteiger partial charge in [0.1, 0.15) is 29.8 Å². The molecule has 0 spiro atoms. The number of rotatable bonds is 4. The monoisotopic (exact) mass is 480 g/mol. The molecule has 2 saturated heterocycles. The van der Waals surface area contributed by atoms with Gasteiger partial charge in [-0.15, -0.1) is 0 Å². The molecule has 34 heavy (non-hydrogen) atoms. The lowest BCUT2D eigenvalue weighted by Gasteiger charge is -2.29. The van der Waals surface area contributed by atoms with E-state index in [0.29, 0.717) is 19.1 Å². The van der Waals surface area contributed by atoms with Crippen molar-refractivity contribution >= 4 is 22.8 Å². The summed E-state index contributed by atoms with van der Waals surface area (Å²) in [5, 5.41) is 20.0. The highest BCUT2D eigenvalue weighted by molar-refractivity contribution is 6.07. The van der Waals surface area contributed by atoms with E-state index in [1.807, 2.05) is 0 Å². The van der Waals surface area contributed by atoms with Crippen molar-refractivity contribution in [3.8, 4) is 0 Å². The highest BCUT2D eigenvalue weighted by atomic mass is 19.2. The molecular weight excluding hydrogens is 460 g/mol. The predicted octanol–water partition coefficient (Wildman–Crippen LogP) is 2.26. The third-order valence-corrected chi connectivity index (χ3v) is 6.10. The van der Waals surface area contributed by atoms with Gasteiger partial charge in [0.05, 0.1) is 36.7 Å². The van der Waals surface area contributed by atoms with Gasteiger partial charge in [0.15, 0.2) is 17.3 Å². The Hall–Kier alpha value is -3.32. The van der Waals surface area contributed by atoms with E-state index in [-0.39, 0.29) is 35.6 Å². The van der Waals surface area contributed by atoms with Gasteiger partial charge in [-0.1, -0.05) is 0 Å². The van der Waals surface area contributed by atoms with Crippen molar-refractivity contribution in [2.24, 2.45) is 0 Å². The quantitative estimate of drug-likeness (QED) is 0.388. The summed E-state index contributed by atoms with van der Waals surface area (Å²) in [6, 6.07) is -0.502. The first-order valence-corrected chi connectivity index (χ1v) is 10.6. The molecule has 2 aliphatic heterocycles. The Morgan fingerprint density at radius 3 is 2.88 bits per heavy atom. The zero-order valence-electron chi connectivity index (χ0n) is 17.6. The van der Waals surface area contributed by atoms with E-state index in [1.54, 1.807) is 0 Å². The Kier molecular flexibility index (Phi) is 5.81. The van der Waals surface area contributed by atoms with Crippen LogP contribution in [0.5, 0.6) is 0 Å². The molecule has 3 aromatic rings. The third-order valence-electron chi connectivity index (χ3n) is 6.10. The fraction of sp³-hybridized carbons (Fsp3) is 0.429. The summed E-state index contributed by atoms with van der Waals surface area (Å²) in [7, 11) is 0. The average molecular weight is 480 g/mol. The number of aromatic nitrogens is 4. The van der Waals surface area contributed by atoms with Crippen LogP contribution in [0.15, 0.2) is 18.5 Å². The second-order valence-corrected chi connectivity index (χ2v) is 8.30. The molecule has 0 unspecified atom stereocenters. The zero-order chi connectivity index (χ0) is 24.0. The van der Waals surface area contributed by atoms with Gasteiger partial charge in [-0.2, -0.15) is 5.10 Å². The minimum Gasteiger partial charge on any atom is -0.389 e. The summed E-state index contributed by atoms with van der Waals surface area (Å²) in [6.07, 6.45) is -0.957. The lowest BCUT2D eigenvalue weighted by atomic mass is 10.0. The van der Waals surface area contributed by atoms with E-state index in [2.05, 4.69) is 25.5 Å². The second-order valence-electron chi connectivity index (χ2n) is 8.30. The number of halogens is 4. The Labute approximate surface area is 190 Å². The number of H-pyrrole nitrogens is 1. The smallest absolute Gasteiger partial charge is 0.273 e. The van der Waals surface area contributed by atoms with Crippen molar-refractivity contribution in [1.82, 2.24) is 25.1 Å². The third kappa shape index (κ3) is 3.94. The van der Waals surface area contributed by atoms with Crippen LogP contribution in [0.4, 0.5) is 23.4 Å². The van der Waals surface area contributed by atoms with E-state index in [4.69, 9.17) is 4.74 Å². The molecule has 3 N–H and O–H groups in total. The molecule has 1 aromatic carbocycles. The van der Waals surface area contributed by atoms with Crippen LogP contribution in [0.25, 0.3) is 11.0 Å². The molecule has 0 aliphatic carbocycles. The van der Waals surface area contributed by atoms with Crippen molar-refractivity contribution in [3.05, 3.63) is 47.2 Å². The summed E-state index contributed by atoms with van der Waals surface area (Å²) < 4.78 is 61.7. The molecule has 4 heterocycles. The summed E-state index contributed by atoms with van der Waals surface area (Å²) in [6.45, 7) is 0.145. The number of benzene rings is 1. The molecule has 0 saturated carbocycles. The Morgan fingerprint density at radius 1 is 1.26 bits per heavy atom. The molecule has 4 atom stereocenters. The molecule has 180 valence electrons. The van der Waals surface area contributed by atoms with E-state index in [1.165, 1.54) is 6.33 Å². The number of hydrogen-bond acceptors (Lipinski definition) is 7. The zero-order valence-corrected chi connectivity index (χ0v) is 17.6. The van der Waals surface area contributed by atoms with Crippen molar-refractivity contribution in [2.75, 3.05) is 25.1 Å². The number of aromatic amines is 1. The predicted molar refractivity (Wildman–Crippen MR) is 110 cm³/mol. The van der Waals surface area contributed by atoms with Crippen LogP contribution in [-0.2, 0) is 4.74 Å². The van der Waals surface area contributed by atoms with Crippen LogP contribution in [0, 0.1) is 17.5 Å². The normalized spacial score (nSPS) is 25.1. The van der Waals surface area contributed by atoms with Crippen LogP contribution in [0.3, 0.4) is 0 Å². The van der Waals surface area contributed by atoms with Crippen LogP contribution >= 0.6 is 0 Å². The van der Waals surface area contributed by atoms with Crippen molar-refractivity contribution in [1.29, 1.82) is 0 Å². The van der Waals surface area contributed by atoms with Crippen LogP contribution in [0.2, 0.25) is 0 Å². The SMILES string of the molecule is O=C(c1[nH]nc2ncnc(N[C@@H]3CCOC[C@H]3O)c12)N1C[C@@H](F)C[C@@H]1c1cc(F)cc(F)c1F. The second kappa shape index (κ2) is 8.80. The van der Waals surface area contributed by atoms with Gasteiger partial charge in [0, 0.05) is 24.7 Å². The molecule has 2 aromatic heterocycles. The van der Waals surface area contributed by atoms with Gasteiger partial charge in [-0.05, 0) is 12.5 Å². The molecule has 9 nitrogen and oxygen atoms in total. The Morgan fingerprint density at radius 2 is 2.09 bits per heavy atom. The van der Waals surface area contributed by atoms with Gasteiger partial charge in [0.25, 0.3) is 5.91 Å². The molecule has 0 bridgehead atoms.